The zero-order valence-corrected chi connectivity index (χ0v) is 10.1. The van der Waals surface area contributed by atoms with Crippen LogP contribution in [0.1, 0.15) is 5.56 Å². The summed E-state index contributed by atoms with van der Waals surface area (Å²) in [6.07, 6.45) is 5.01. The third-order valence-corrected chi connectivity index (χ3v) is 2.18. The van der Waals surface area contributed by atoms with E-state index in [2.05, 4.69) is 11.2 Å². The molecule has 0 aliphatic rings. The first-order valence-electron chi connectivity index (χ1n) is 5.32. The molecule has 2 N–H and O–H groups in total. The Hall–Kier alpha value is -2.19. The van der Waals surface area contributed by atoms with Crippen LogP contribution in [0.2, 0.25) is 0 Å². The first-order valence-corrected chi connectivity index (χ1v) is 5.32. The van der Waals surface area contributed by atoms with E-state index >= 15 is 0 Å². The predicted molar refractivity (Wildman–Crippen MR) is 66.3 cm³/mol. The van der Waals surface area contributed by atoms with E-state index in [1.54, 1.807) is 18.2 Å². The maximum Gasteiger partial charge on any atom is 0.258 e. The molecule has 5 nitrogen and oxygen atoms in total. The number of ether oxygens (including phenoxy) is 2. The van der Waals surface area contributed by atoms with E-state index < -0.39 is 0 Å². The van der Waals surface area contributed by atoms with Crippen LogP contribution in [0.15, 0.2) is 18.2 Å². The predicted octanol–water partition coefficient (Wildman–Crippen LogP) is 0.316. The number of amides is 1. The smallest absolute Gasteiger partial charge is 0.258 e. The average molecular weight is 249 g/mol. The van der Waals surface area contributed by atoms with Gasteiger partial charge in [0.15, 0.2) is 6.61 Å². The molecule has 0 spiro atoms. The minimum atomic E-state index is -0.312. The highest BCUT2D eigenvalue weighted by atomic mass is 16.5. The van der Waals surface area contributed by atoms with Crippen molar-refractivity contribution in [2.75, 3.05) is 20.3 Å². The molecular weight excluding hydrogens is 234 g/mol. The number of methoxy groups -OCH3 is 1. The van der Waals surface area contributed by atoms with E-state index in [0.29, 0.717) is 17.1 Å². The molecule has 96 valence electrons. The fourth-order valence-electron chi connectivity index (χ4n) is 1.29. The van der Waals surface area contributed by atoms with Crippen molar-refractivity contribution in [1.29, 1.82) is 0 Å². The van der Waals surface area contributed by atoms with Crippen molar-refractivity contribution in [3.05, 3.63) is 23.8 Å². The van der Waals surface area contributed by atoms with Crippen LogP contribution in [0.4, 0.5) is 0 Å². The van der Waals surface area contributed by atoms with Gasteiger partial charge in [0.05, 0.1) is 20.3 Å². The van der Waals surface area contributed by atoms with Crippen LogP contribution in [0.5, 0.6) is 11.5 Å². The van der Waals surface area contributed by atoms with Gasteiger partial charge in [-0.2, -0.15) is 0 Å². The van der Waals surface area contributed by atoms with E-state index in [0.717, 1.165) is 0 Å². The SMILES string of the molecule is C#CCNC(=O)COc1ccc(OC)cc1CO. The third-order valence-electron chi connectivity index (χ3n) is 2.18. The Labute approximate surface area is 106 Å². The minimum Gasteiger partial charge on any atom is -0.497 e. The summed E-state index contributed by atoms with van der Waals surface area (Å²) in [4.78, 5) is 11.3. The molecule has 1 rings (SSSR count). The lowest BCUT2D eigenvalue weighted by Crippen LogP contribution is -2.29. The first kappa shape index (κ1) is 13.9. The van der Waals surface area contributed by atoms with E-state index in [1.807, 2.05) is 0 Å². The van der Waals surface area contributed by atoms with E-state index in [9.17, 15) is 9.90 Å². The van der Waals surface area contributed by atoms with Crippen molar-refractivity contribution in [1.82, 2.24) is 5.32 Å². The fraction of sp³-hybridized carbons (Fsp3) is 0.308. The van der Waals surface area contributed by atoms with E-state index in [4.69, 9.17) is 15.9 Å². The zero-order valence-electron chi connectivity index (χ0n) is 10.1. The quantitative estimate of drug-likeness (QED) is 0.712. The number of carbonyl (C=O) groups excluding carboxylic acids is 1. The van der Waals surface area contributed by atoms with Gasteiger partial charge < -0.3 is 19.9 Å². The monoisotopic (exact) mass is 249 g/mol. The summed E-state index contributed by atoms with van der Waals surface area (Å²) in [5, 5.41) is 11.7. The number of hydrogen-bond acceptors (Lipinski definition) is 4. The van der Waals surface area contributed by atoms with Crippen LogP contribution in [-0.4, -0.2) is 31.3 Å². The molecule has 0 saturated carbocycles. The largest absolute Gasteiger partial charge is 0.497 e. The number of aliphatic hydroxyl groups excluding tert-OH is 1. The molecule has 0 aromatic heterocycles. The Morgan fingerprint density at radius 2 is 2.33 bits per heavy atom. The molecule has 0 radical (unpaired) electrons. The summed E-state index contributed by atoms with van der Waals surface area (Å²) in [5.41, 5.74) is 0.555. The molecule has 0 heterocycles. The summed E-state index contributed by atoms with van der Waals surface area (Å²) in [5.74, 6) is 3.03. The molecule has 1 aromatic carbocycles. The maximum absolute atomic E-state index is 11.3. The van der Waals surface area contributed by atoms with Crippen LogP contribution in [0.3, 0.4) is 0 Å². The molecule has 0 fully saturated rings. The summed E-state index contributed by atoms with van der Waals surface area (Å²) in [6.45, 7) is -0.183. The van der Waals surface area contributed by atoms with Crippen LogP contribution in [0, 0.1) is 12.3 Å². The van der Waals surface area contributed by atoms with E-state index in [-0.39, 0.29) is 25.7 Å². The number of nitrogens with one attached hydrogen (secondary N) is 1. The van der Waals surface area contributed by atoms with Crippen molar-refractivity contribution in [2.45, 2.75) is 6.61 Å². The van der Waals surface area contributed by atoms with Gasteiger partial charge in [0.2, 0.25) is 0 Å². The van der Waals surface area contributed by atoms with E-state index in [1.165, 1.54) is 7.11 Å². The Bertz CT molecular complexity index is 451. The number of carbonyl (C=O) groups is 1. The van der Waals surface area contributed by atoms with Gasteiger partial charge in [-0.15, -0.1) is 6.42 Å². The molecule has 0 aliphatic carbocycles. The Balaban J connectivity index is 2.62. The number of terminal acetylenes is 1. The van der Waals surface area contributed by atoms with Crippen molar-refractivity contribution < 1.29 is 19.4 Å². The van der Waals surface area contributed by atoms with Gasteiger partial charge in [-0.1, -0.05) is 5.92 Å². The highest BCUT2D eigenvalue weighted by molar-refractivity contribution is 5.77. The number of hydrogen-bond donors (Lipinski definition) is 2. The number of rotatable bonds is 6. The van der Waals surface area contributed by atoms with Crippen molar-refractivity contribution in [3.8, 4) is 23.8 Å². The van der Waals surface area contributed by atoms with Crippen molar-refractivity contribution in [3.63, 3.8) is 0 Å². The molecule has 0 saturated heterocycles. The minimum absolute atomic E-state index is 0.152. The van der Waals surface area contributed by atoms with Crippen molar-refractivity contribution in [2.24, 2.45) is 0 Å². The van der Waals surface area contributed by atoms with Gasteiger partial charge in [0.1, 0.15) is 11.5 Å². The lowest BCUT2D eigenvalue weighted by atomic mass is 10.2. The summed E-state index contributed by atoms with van der Waals surface area (Å²) in [7, 11) is 1.53. The molecule has 5 heteroatoms. The highest BCUT2D eigenvalue weighted by Crippen LogP contribution is 2.24. The van der Waals surface area contributed by atoms with Crippen LogP contribution in [0.25, 0.3) is 0 Å². The van der Waals surface area contributed by atoms with Crippen LogP contribution < -0.4 is 14.8 Å². The second-order valence-electron chi connectivity index (χ2n) is 3.40. The van der Waals surface area contributed by atoms with Crippen molar-refractivity contribution >= 4 is 5.91 Å². The van der Waals surface area contributed by atoms with Gasteiger partial charge in [-0.25, -0.2) is 0 Å². The summed E-state index contributed by atoms with van der Waals surface area (Å²) >= 11 is 0. The lowest BCUT2D eigenvalue weighted by molar-refractivity contribution is -0.122. The van der Waals surface area contributed by atoms with Gasteiger partial charge >= 0.3 is 0 Å². The topological polar surface area (TPSA) is 67.8 Å². The summed E-state index contributed by atoms with van der Waals surface area (Å²) in [6, 6.07) is 4.97. The number of aliphatic hydroxyl groups is 1. The third kappa shape index (κ3) is 4.00. The zero-order chi connectivity index (χ0) is 13.4. The lowest BCUT2D eigenvalue weighted by Gasteiger charge is -2.11. The highest BCUT2D eigenvalue weighted by Gasteiger charge is 2.07. The van der Waals surface area contributed by atoms with Gasteiger partial charge in [0, 0.05) is 5.56 Å². The molecule has 1 amide bonds. The second-order valence-corrected chi connectivity index (χ2v) is 3.40. The Kier molecular flexibility index (Phi) is 5.55. The fourth-order valence-corrected chi connectivity index (χ4v) is 1.29. The molecule has 1 aromatic rings. The Morgan fingerprint density at radius 1 is 1.56 bits per heavy atom. The molecule has 18 heavy (non-hydrogen) atoms. The van der Waals surface area contributed by atoms with Gasteiger partial charge in [0.25, 0.3) is 5.91 Å². The molecule has 0 unspecified atom stereocenters. The molecule has 0 atom stereocenters. The molecule has 0 bridgehead atoms. The molecular formula is C13H15NO4. The van der Waals surface area contributed by atoms with Crippen LogP contribution in [-0.2, 0) is 11.4 Å². The number of benzene rings is 1. The standard InChI is InChI=1S/C13H15NO4/c1-3-6-14-13(16)9-18-12-5-4-11(17-2)7-10(12)8-15/h1,4-5,7,15H,6,8-9H2,2H3,(H,14,16). The average Bonchev–Trinajstić information content (AvgIpc) is 2.42. The van der Waals surface area contributed by atoms with Gasteiger partial charge in [-0.3, -0.25) is 4.79 Å². The summed E-state index contributed by atoms with van der Waals surface area (Å²) < 4.78 is 10.3. The first-order chi connectivity index (χ1) is 8.71. The molecule has 0 aliphatic heterocycles. The Morgan fingerprint density at radius 3 is 2.94 bits per heavy atom. The maximum atomic E-state index is 11.3. The van der Waals surface area contributed by atoms with Gasteiger partial charge in [-0.05, 0) is 18.2 Å². The van der Waals surface area contributed by atoms with Crippen LogP contribution >= 0.6 is 0 Å². The normalized spacial score (nSPS) is 9.39. The second kappa shape index (κ2) is 7.20.